The van der Waals surface area contributed by atoms with Gasteiger partial charge in [-0.05, 0) is 18.6 Å². The van der Waals surface area contributed by atoms with Crippen molar-refractivity contribution in [3.63, 3.8) is 0 Å². The monoisotopic (exact) mass is 257 g/mol. The van der Waals surface area contributed by atoms with Crippen LogP contribution < -0.4 is 11.5 Å². The first-order chi connectivity index (χ1) is 8.59. The zero-order valence-electron chi connectivity index (χ0n) is 9.73. The number of rotatable bonds is 1. The van der Waals surface area contributed by atoms with Gasteiger partial charge in [-0.15, -0.1) is 11.3 Å². The number of nitrogens with zero attached hydrogens (tertiary/aromatic N) is 1. The van der Waals surface area contributed by atoms with Gasteiger partial charge in [0, 0.05) is 10.8 Å². The highest BCUT2D eigenvalue weighted by Gasteiger charge is 2.17. The number of carbonyl (C=O) groups is 1. The number of para-hydroxylation sites is 1. The Morgan fingerprint density at radius 3 is 2.78 bits per heavy atom. The first-order valence-electron chi connectivity index (χ1n) is 5.46. The summed E-state index contributed by atoms with van der Waals surface area (Å²) in [4.78, 5) is 17.0. The highest BCUT2D eigenvalue weighted by atomic mass is 32.1. The molecule has 0 spiro atoms. The van der Waals surface area contributed by atoms with Crippen LogP contribution in [-0.4, -0.2) is 10.9 Å². The minimum Gasteiger partial charge on any atom is -0.397 e. The van der Waals surface area contributed by atoms with E-state index < -0.39 is 5.91 Å². The molecular formula is C13H11N3OS. The Kier molecular flexibility index (Phi) is 2.24. The summed E-state index contributed by atoms with van der Waals surface area (Å²) in [5.41, 5.74) is 13.7. The number of fused-ring (bicyclic) bond motifs is 2. The fourth-order valence-electron chi connectivity index (χ4n) is 2.19. The van der Waals surface area contributed by atoms with Gasteiger partial charge in [-0.2, -0.15) is 0 Å². The second kappa shape index (κ2) is 3.68. The van der Waals surface area contributed by atoms with Crippen LogP contribution in [0.15, 0.2) is 24.3 Å². The zero-order valence-corrected chi connectivity index (χ0v) is 10.5. The van der Waals surface area contributed by atoms with Crippen molar-refractivity contribution in [2.75, 3.05) is 5.73 Å². The van der Waals surface area contributed by atoms with Crippen molar-refractivity contribution in [2.45, 2.75) is 6.92 Å². The molecule has 3 rings (SSSR count). The number of aryl methyl sites for hydroxylation is 1. The van der Waals surface area contributed by atoms with Crippen molar-refractivity contribution < 1.29 is 4.79 Å². The fraction of sp³-hybridized carbons (Fsp3) is 0.0769. The van der Waals surface area contributed by atoms with Crippen LogP contribution in [0, 0.1) is 6.92 Å². The van der Waals surface area contributed by atoms with Crippen LogP contribution in [0.2, 0.25) is 0 Å². The number of hydrogen-bond acceptors (Lipinski definition) is 4. The van der Waals surface area contributed by atoms with E-state index in [0.717, 1.165) is 26.7 Å². The molecule has 2 heterocycles. The third-order valence-corrected chi connectivity index (χ3v) is 4.17. The molecule has 0 atom stereocenters. The maximum Gasteiger partial charge on any atom is 0.260 e. The lowest BCUT2D eigenvalue weighted by molar-refractivity contribution is 0.100. The van der Waals surface area contributed by atoms with E-state index in [1.54, 1.807) is 0 Å². The normalized spacial score (nSPS) is 11.2. The van der Waals surface area contributed by atoms with Crippen molar-refractivity contribution in [3.05, 3.63) is 34.7 Å². The van der Waals surface area contributed by atoms with Crippen LogP contribution in [0.3, 0.4) is 0 Å². The van der Waals surface area contributed by atoms with E-state index in [4.69, 9.17) is 11.5 Å². The summed E-state index contributed by atoms with van der Waals surface area (Å²) in [5, 5.41) is 1.89. The van der Waals surface area contributed by atoms with Crippen LogP contribution >= 0.6 is 11.3 Å². The molecule has 1 amide bonds. The van der Waals surface area contributed by atoms with E-state index >= 15 is 0 Å². The lowest BCUT2D eigenvalue weighted by atomic mass is 10.1. The highest BCUT2D eigenvalue weighted by molar-refractivity contribution is 7.21. The highest BCUT2D eigenvalue weighted by Crippen LogP contribution is 2.37. The van der Waals surface area contributed by atoms with E-state index in [2.05, 4.69) is 4.98 Å². The number of nitrogen functional groups attached to an aromatic ring is 1. The molecular weight excluding hydrogens is 246 g/mol. The minimum atomic E-state index is -0.501. The van der Waals surface area contributed by atoms with Crippen LogP contribution in [-0.2, 0) is 0 Å². The Labute approximate surface area is 107 Å². The first-order valence-corrected chi connectivity index (χ1v) is 6.28. The van der Waals surface area contributed by atoms with Gasteiger partial charge in [-0.3, -0.25) is 4.79 Å². The van der Waals surface area contributed by atoms with Gasteiger partial charge >= 0.3 is 0 Å². The van der Waals surface area contributed by atoms with Crippen molar-refractivity contribution in [3.8, 4) is 0 Å². The fourth-order valence-corrected chi connectivity index (χ4v) is 3.20. The molecule has 0 aliphatic rings. The molecule has 5 heteroatoms. The molecule has 0 aliphatic heterocycles. The summed E-state index contributed by atoms with van der Waals surface area (Å²) in [5.74, 6) is -0.501. The SMILES string of the molecule is Cc1c2ccccc2nc2sc(C(N)=O)c(N)c12. The number of hydrogen-bond donors (Lipinski definition) is 2. The molecule has 4 N–H and O–H groups in total. The lowest BCUT2D eigenvalue weighted by Crippen LogP contribution is -2.10. The maximum absolute atomic E-state index is 11.3. The quantitative estimate of drug-likeness (QED) is 0.702. The molecule has 1 aromatic carbocycles. The van der Waals surface area contributed by atoms with Crippen LogP contribution in [0.1, 0.15) is 15.2 Å². The Morgan fingerprint density at radius 2 is 2.06 bits per heavy atom. The number of primary amides is 1. The molecule has 90 valence electrons. The number of anilines is 1. The van der Waals surface area contributed by atoms with Crippen LogP contribution in [0.5, 0.6) is 0 Å². The smallest absolute Gasteiger partial charge is 0.260 e. The summed E-state index contributed by atoms with van der Waals surface area (Å²) in [6.45, 7) is 1.99. The van der Waals surface area contributed by atoms with Gasteiger partial charge in [0.15, 0.2) is 0 Å². The number of carbonyl (C=O) groups excluding carboxylic acids is 1. The predicted molar refractivity (Wildman–Crippen MR) is 74.8 cm³/mol. The molecule has 0 bridgehead atoms. The molecule has 3 aromatic rings. The second-order valence-electron chi connectivity index (χ2n) is 4.14. The lowest BCUT2D eigenvalue weighted by Gasteiger charge is -2.03. The van der Waals surface area contributed by atoms with Gasteiger partial charge in [-0.25, -0.2) is 4.98 Å². The average Bonchev–Trinajstić information content (AvgIpc) is 2.67. The standard InChI is InChI=1S/C13H11N3OS/c1-6-7-4-2-3-5-8(7)16-13-9(6)10(14)11(18-13)12(15)17/h2-5H,14H2,1H3,(H2,15,17). The van der Waals surface area contributed by atoms with Crippen molar-refractivity contribution in [1.29, 1.82) is 0 Å². The van der Waals surface area contributed by atoms with Crippen molar-refractivity contribution in [1.82, 2.24) is 4.98 Å². The molecule has 0 radical (unpaired) electrons. The van der Waals surface area contributed by atoms with E-state index in [0.29, 0.717) is 10.6 Å². The number of nitrogens with two attached hydrogens (primary N) is 2. The Bertz CT molecular complexity index is 792. The van der Waals surface area contributed by atoms with Gasteiger partial charge in [0.1, 0.15) is 9.71 Å². The van der Waals surface area contributed by atoms with Gasteiger partial charge in [0.25, 0.3) is 5.91 Å². The summed E-state index contributed by atoms with van der Waals surface area (Å²) in [6.07, 6.45) is 0. The maximum atomic E-state index is 11.3. The van der Waals surface area contributed by atoms with E-state index in [-0.39, 0.29) is 0 Å². The molecule has 0 unspecified atom stereocenters. The minimum absolute atomic E-state index is 0.385. The number of aromatic nitrogens is 1. The third-order valence-electron chi connectivity index (χ3n) is 3.06. The number of thiophene rings is 1. The van der Waals surface area contributed by atoms with E-state index in [1.165, 1.54) is 11.3 Å². The van der Waals surface area contributed by atoms with Crippen LogP contribution in [0.4, 0.5) is 5.69 Å². The topological polar surface area (TPSA) is 82.0 Å². The summed E-state index contributed by atoms with van der Waals surface area (Å²) in [7, 11) is 0. The first kappa shape index (κ1) is 11.0. The van der Waals surface area contributed by atoms with Gasteiger partial charge in [-0.1, -0.05) is 18.2 Å². The molecule has 0 fully saturated rings. The number of benzene rings is 1. The van der Waals surface area contributed by atoms with Crippen molar-refractivity contribution in [2.24, 2.45) is 5.73 Å². The summed E-state index contributed by atoms with van der Waals surface area (Å²) < 4.78 is 0. The number of amides is 1. The Hall–Kier alpha value is -2.14. The van der Waals surface area contributed by atoms with E-state index in [9.17, 15) is 4.79 Å². The third kappa shape index (κ3) is 1.37. The largest absolute Gasteiger partial charge is 0.397 e. The molecule has 4 nitrogen and oxygen atoms in total. The zero-order chi connectivity index (χ0) is 12.9. The average molecular weight is 257 g/mol. The number of pyridine rings is 1. The molecule has 0 aliphatic carbocycles. The van der Waals surface area contributed by atoms with E-state index in [1.807, 2.05) is 31.2 Å². The molecule has 0 saturated carbocycles. The van der Waals surface area contributed by atoms with Gasteiger partial charge < -0.3 is 11.5 Å². The summed E-state index contributed by atoms with van der Waals surface area (Å²) >= 11 is 1.25. The van der Waals surface area contributed by atoms with Gasteiger partial charge in [0.05, 0.1) is 11.2 Å². The molecule has 0 saturated heterocycles. The summed E-state index contributed by atoms with van der Waals surface area (Å²) in [6, 6.07) is 7.84. The van der Waals surface area contributed by atoms with Gasteiger partial charge in [0.2, 0.25) is 0 Å². The Morgan fingerprint density at radius 1 is 1.33 bits per heavy atom. The predicted octanol–water partition coefficient (Wildman–Crippen LogP) is 2.44. The Balaban J connectivity index is 2.53. The second-order valence-corrected chi connectivity index (χ2v) is 5.14. The van der Waals surface area contributed by atoms with Crippen molar-refractivity contribution >= 4 is 44.1 Å². The molecule has 18 heavy (non-hydrogen) atoms. The van der Waals surface area contributed by atoms with Crippen LogP contribution in [0.25, 0.3) is 21.1 Å². The molecule has 2 aromatic heterocycles.